The topological polar surface area (TPSA) is 42.4 Å². The number of aromatic nitrogens is 1. The molecule has 3 aromatic rings. The van der Waals surface area contributed by atoms with Crippen LogP contribution in [0.25, 0.3) is 10.6 Å². The summed E-state index contributed by atoms with van der Waals surface area (Å²) in [6, 6.07) is 11.0. The minimum atomic E-state index is -0.910. The number of hydrogen-bond donors (Lipinski definition) is 0. The summed E-state index contributed by atoms with van der Waals surface area (Å²) in [7, 11) is 1.74. The van der Waals surface area contributed by atoms with Crippen LogP contribution in [0.5, 0.6) is 5.75 Å². The molecule has 0 aliphatic heterocycles. The van der Waals surface area contributed by atoms with E-state index in [2.05, 4.69) is 4.98 Å². The number of benzene rings is 2. The molecule has 0 unspecified atom stereocenters. The van der Waals surface area contributed by atoms with Crippen molar-refractivity contribution in [1.82, 2.24) is 9.88 Å². The zero-order valence-corrected chi connectivity index (χ0v) is 16.6. The van der Waals surface area contributed by atoms with Crippen LogP contribution in [-0.4, -0.2) is 28.9 Å². The molecule has 0 spiro atoms. The molecule has 7 heteroatoms. The third-order valence-corrected chi connectivity index (χ3v) is 5.19. The zero-order chi connectivity index (χ0) is 20.3. The number of carbonyl (C=O) groups excluding carboxylic acids is 1. The predicted molar refractivity (Wildman–Crippen MR) is 105 cm³/mol. The average Bonchev–Trinajstić information content (AvgIpc) is 3.18. The number of para-hydroxylation sites is 1. The van der Waals surface area contributed by atoms with E-state index in [4.69, 9.17) is 4.74 Å². The molecule has 0 saturated carbocycles. The number of ether oxygens (including phenoxy) is 1. The Morgan fingerprint density at radius 1 is 1.18 bits per heavy atom. The lowest BCUT2D eigenvalue weighted by Crippen LogP contribution is -2.33. The van der Waals surface area contributed by atoms with E-state index in [9.17, 15) is 13.6 Å². The predicted octanol–water partition coefficient (Wildman–Crippen LogP) is 5.15. The normalized spacial score (nSPS) is 10.9. The number of halogens is 2. The Bertz CT molecular complexity index is 988. The van der Waals surface area contributed by atoms with Crippen molar-refractivity contribution in [2.24, 2.45) is 0 Å². The second-order valence-corrected chi connectivity index (χ2v) is 7.44. The molecule has 0 saturated heterocycles. The van der Waals surface area contributed by atoms with Gasteiger partial charge in [0, 0.05) is 18.5 Å². The molecule has 1 heterocycles. The first-order valence-corrected chi connectivity index (χ1v) is 9.63. The molecular formula is C21H20F2N2O2S. The molecule has 0 radical (unpaired) electrons. The van der Waals surface area contributed by atoms with Crippen LogP contribution in [0.4, 0.5) is 8.78 Å². The molecule has 2 aromatic carbocycles. The number of hydrogen-bond acceptors (Lipinski definition) is 4. The fraction of sp³-hybridized carbons (Fsp3) is 0.238. The summed E-state index contributed by atoms with van der Waals surface area (Å²) in [4.78, 5) is 18.6. The molecule has 146 valence electrons. The lowest BCUT2D eigenvalue weighted by atomic mass is 10.2. The Hall–Kier alpha value is -2.80. The maximum atomic E-state index is 13.4. The molecule has 28 heavy (non-hydrogen) atoms. The SMILES string of the molecule is CC(C)N(C)C(=O)c1csc(-c2ccccc2OCc2ccc(F)c(F)c2)n1. The Morgan fingerprint density at radius 3 is 2.64 bits per heavy atom. The summed E-state index contributed by atoms with van der Waals surface area (Å²) >= 11 is 1.35. The second-order valence-electron chi connectivity index (χ2n) is 6.58. The van der Waals surface area contributed by atoms with Crippen molar-refractivity contribution in [3.05, 3.63) is 70.7 Å². The van der Waals surface area contributed by atoms with Crippen LogP contribution in [0.15, 0.2) is 47.8 Å². The number of amides is 1. The van der Waals surface area contributed by atoms with Gasteiger partial charge in [-0.05, 0) is 43.7 Å². The van der Waals surface area contributed by atoms with Crippen LogP contribution in [0, 0.1) is 11.6 Å². The molecule has 0 aliphatic rings. The lowest BCUT2D eigenvalue weighted by molar-refractivity contribution is 0.0750. The van der Waals surface area contributed by atoms with Crippen LogP contribution < -0.4 is 4.74 Å². The molecule has 3 rings (SSSR count). The first kappa shape index (κ1) is 19.9. The van der Waals surface area contributed by atoms with Crippen molar-refractivity contribution in [3.8, 4) is 16.3 Å². The van der Waals surface area contributed by atoms with Gasteiger partial charge in [0.1, 0.15) is 23.1 Å². The zero-order valence-electron chi connectivity index (χ0n) is 15.8. The highest BCUT2D eigenvalue weighted by atomic mass is 32.1. The minimum absolute atomic E-state index is 0.0735. The molecule has 0 fully saturated rings. The van der Waals surface area contributed by atoms with Gasteiger partial charge >= 0.3 is 0 Å². The summed E-state index contributed by atoms with van der Waals surface area (Å²) in [5, 5.41) is 2.38. The Balaban J connectivity index is 1.80. The summed E-state index contributed by atoms with van der Waals surface area (Å²) in [6.07, 6.45) is 0. The molecular weight excluding hydrogens is 382 g/mol. The quantitative estimate of drug-likeness (QED) is 0.573. The van der Waals surface area contributed by atoms with E-state index in [0.717, 1.165) is 17.7 Å². The third-order valence-electron chi connectivity index (χ3n) is 4.31. The van der Waals surface area contributed by atoms with Gasteiger partial charge in [-0.2, -0.15) is 0 Å². The number of carbonyl (C=O) groups is 1. The lowest BCUT2D eigenvalue weighted by Gasteiger charge is -2.20. The standard InChI is InChI=1S/C21H20F2N2O2S/c1-13(2)25(3)21(26)18-12-28-20(24-18)15-6-4-5-7-19(15)27-11-14-8-9-16(22)17(23)10-14/h4-10,12-13H,11H2,1-3H3. The first-order valence-electron chi connectivity index (χ1n) is 8.75. The van der Waals surface area contributed by atoms with Crippen molar-refractivity contribution in [1.29, 1.82) is 0 Å². The summed E-state index contributed by atoms with van der Waals surface area (Å²) < 4.78 is 32.3. The summed E-state index contributed by atoms with van der Waals surface area (Å²) in [5.41, 5.74) is 1.63. The van der Waals surface area contributed by atoms with Crippen LogP contribution in [0.3, 0.4) is 0 Å². The van der Waals surface area contributed by atoms with Crippen LogP contribution in [0.1, 0.15) is 29.9 Å². The van der Waals surface area contributed by atoms with Crippen LogP contribution in [-0.2, 0) is 6.61 Å². The van der Waals surface area contributed by atoms with E-state index in [-0.39, 0.29) is 18.6 Å². The smallest absolute Gasteiger partial charge is 0.273 e. The van der Waals surface area contributed by atoms with Crippen molar-refractivity contribution < 1.29 is 18.3 Å². The summed E-state index contributed by atoms with van der Waals surface area (Å²) in [5.74, 6) is -1.39. The fourth-order valence-corrected chi connectivity index (χ4v) is 3.29. The molecule has 0 aliphatic carbocycles. The third kappa shape index (κ3) is 4.36. The highest BCUT2D eigenvalue weighted by Gasteiger charge is 2.19. The number of rotatable bonds is 6. The van der Waals surface area contributed by atoms with E-state index in [0.29, 0.717) is 22.0 Å². The van der Waals surface area contributed by atoms with Crippen LogP contribution >= 0.6 is 11.3 Å². The monoisotopic (exact) mass is 402 g/mol. The maximum Gasteiger partial charge on any atom is 0.273 e. The van der Waals surface area contributed by atoms with Gasteiger partial charge in [0.2, 0.25) is 0 Å². The van der Waals surface area contributed by atoms with E-state index in [1.54, 1.807) is 23.4 Å². The van der Waals surface area contributed by atoms with E-state index >= 15 is 0 Å². The molecule has 0 N–H and O–H groups in total. The average molecular weight is 402 g/mol. The largest absolute Gasteiger partial charge is 0.488 e. The van der Waals surface area contributed by atoms with Gasteiger partial charge in [-0.25, -0.2) is 13.8 Å². The van der Waals surface area contributed by atoms with Gasteiger partial charge in [0.05, 0.1) is 5.56 Å². The van der Waals surface area contributed by atoms with Crippen molar-refractivity contribution in [3.63, 3.8) is 0 Å². The fourth-order valence-electron chi connectivity index (χ4n) is 2.47. The minimum Gasteiger partial charge on any atom is -0.488 e. The van der Waals surface area contributed by atoms with Gasteiger partial charge in [-0.15, -0.1) is 11.3 Å². The molecule has 0 atom stereocenters. The summed E-state index contributed by atoms with van der Waals surface area (Å²) in [6.45, 7) is 3.96. The Labute approximate surface area is 166 Å². The van der Waals surface area contributed by atoms with Gasteiger partial charge in [-0.1, -0.05) is 18.2 Å². The molecule has 0 bridgehead atoms. The highest BCUT2D eigenvalue weighted by Crippen LogP contribution is 2.33. The van der Waals surface area contributed by atoms with Crippen LogP contribution in [0.2, 0.25) is 0 Å². The van der Waals surface area contributed by atoms with E-state index < -0.39 is 11.6 Å². The molecule has 1 amide bonds. The van der Waals surface area contributed by atoms with E-state index in [1.165, 1.54) is 17.4 Å². The van der Waals surface area contributed by atoms with E-state index in [1.807, 2.05) is 32.0 Å². The number of thiazole rings is 1. The van der Waals surface area contributed by atoms with Gasteiger partial charge in [-0.3, -0.25) is 4.79 Å². The van der Waals surface area contributed by atoms with Crippen molar-refractivity contribution >= 4 is 17.2 Å². The molecule has 1 aromatic heterocycles. The second kappa shape index (κ2) is 8.48. The molecule has 4 nitrogen and oxygen atoms in total. The maximum absolute atomic E-state index is 13.4. The van der Waals surface area contributed by atoms with Crippen molar-refractivity contribution in [2.45, 2.75) is 26.5 Å². The number of nitrogens with zero attached hydrogens (tertiary/aromatic N) is 2. The highest BCUT2D eigenvalue weighted by molar-refractivity contribution is 7.13. The Kier molecular flexibility index (Phi) is 6.04. The van der Waals surface area contributed by atoms with Gasteiger partial charge < -0.3 is 9.64 Å². The Morgan fingerprint density at radius 2 is 1.93 bits per heavy atom. The van der Waals surface area contributed by atoms with Gasteiger partial charge in [0.15, 0.2) is 11.6 Å². The van der Waals surface area contributed by atoms with Crippen molar-refractivity contribution in [2.75, 3.05) is 7.05 Å². The van der Waals surface area contributed by atoms with Gasteiger partial charge in [0.25, 0.3) is 5.91 Å². The first-order chi connectivity index (χ1) is 13.4.